The summed E-state index contributed by atoms with van der Waals surface area (Å²) < 4.78 is 5.06. The molecule has 1 aliphatic heterocycles. The van der Waals surface area contributed by atoms with Gasteiger partial charge in [0.05, 0.1) is 12.9 Å². The number of nitrogens with zero attached hydrogens (tertiary/aromatic N) is 2. The van der Waals surface area contributed by atoms with Crippen LogP contribution >= 0.6 is 11.8 Å². The van der Waals surface area contributed by atoms with Crippen molar-refractivity contribution in [1.82, 2.24) is 15.5 Å². The Balaban J connectivity index is 1.79. The number of imide groups is 1. The minimum atomic E-state index is -0.514. The summed E-state index contributed by atoms with van der Waals surface area (Å²) in [6, 6.07) is 9.01. The lowest BCUT2D eigenvalue weighted by Crippen LogP contribution is -2.34. The monoisotopic (exact) mass is 374 g/mol. The maximum absolute atomic E-state index is 12.0. The van der Waals surface area contributed by atoms with Gasteiger partial charge in [-0.15, -0.1) is 0 Å². The Morgan fingerprint density at radius 2 is 2.12 bits per heavy atom. The van der Waals surface area contributed by atoms with E-state index < -0.39 is 5.91 Å². The maximum atomic E-state index is 12.0. The highest BCUT2D eigenvalue weighted by Crippen LogP contribution is 2.17. The molecule has 1 aliphatic rings. The number of nitriles is 1. The number of methoxy groups -OCH3 is 1. The zero-order valence-electron chi connectivity index (χ0n) is 14.2. The van der Waals surface area contributed by atoms with Gasteiger partial charge in [0.2, 0.25) is 5.91 Å². The van der Waals surface area contributed by atoms with Crippen molar-refractivity contribution in [2.24, 2.45) is 0 Å². The van der Waals surface area contributed by atoms with Crippen LogP contribution < -0.4 is 15.4 Å². The summed E-state index contributed by atoms with van der Waals surface area (Å²) in [4.78, 5) is 36.1. The Morgan fingerprint density at radius 3 is 2.69 bits per heavy atom. The van der Waals surface area contributed by atoms with Crippen LogP contribution in [0.2, 0.25) is 0 Å². The average molecular weight is 374 g/mol. The van der Waals surface area contributed by atoms with Gasteiger partial charge in [-0.05, 0) is 17.7 Å². The summed E-state index contributed by atoms with van der Waals surface area (Å²) in [7, 11) is 1.57. The number of thioether (sulfide) groups is 1. The number of amides is 3. The molecule has 2 rings (SSSR count). The average Bonchev–Trinajstić information content (AvgIpc) is 2.98. The first-order valence-corrected chi connectivity index (χ1v) is 8.75. The van der Waals surface area contributed by atoms with E-state index in [-0.39, 0.29) is 42.1 Å². The van der Waals surface area contributed by atoms with E-state index in [4.69, 9.17) is 10.00 Å². The first kappa shape index (κ1) is 19.3. The van der Waals surface area contributed by atoms with E-state index >= 15 is 0 Å². The van der Waals surface area contributed by atoms with E-state index in [1.807, 2.05) is 18.2 Å². The summed E-state index contributed by atoms with van der Waals surface area (Å²) in [5, 5.41) is 14.3. The third-order valence-electron chi connectivity index (χ3n) is 3.54. The highest BCUT2D eigenvalue weighted by atomic mass is 32.2. The fourth-order valence-electron chi connectivity index (χ4n) is 2.12. The minimum absolute atomic E-state index is 0.0908. The lowest BCUT2D eigenvalue weighted by atomic mass is 10.2. The van der Waals surface area contributed by atoms with Gasteiger partial charge in [-0.3, -0.25) is 19.3 Å². The van der Waals surface area contributed by atoms with Crippen LogP contribution in [0.3, 0.4) is 0 Å². The van der Waals surface area contributed by atoms with Gasteiger partial charge in [-0.25, -0.2) is 0 Å². The van der Waals surface area contributed by atoms with Crippen molar-refractivity contribution in [2.45, 2.75) is 6.54 Å². The van der Waals surface area contributed by atoms with E-state index in [0.29, 0.717) is 0 Å². The van der Waals surface area contributed by atoms with Crippen LogP contribution in [0.5, 0.6) is 5.75 Å². The van der Waals surface area contributed by atoms with Crippen molar-refractivity contribution in [2.75, 3.05) is 26.0 Å². The topological polar surface area (TPSA) is 112 Å². The normalized spacial score (nSPS) is 14.2. The van der Waals surface area contributed by atoms with Crippen molar-refractivity contribution >= 4 is 28.8 Å². The number of rotatable bonds is 8. The number of carbonyl (C=O) groups is 3. The Labute approximate surface area is 155 Å². The molecule has 0 spiro atoms. The largest absolute Gasteiger partial charge is 0.497 e. The van der Waals surface area contributed by atoms with Gasteiger partial charge in [0, 0.05) is 25.8 Å². The smallest absolute Gasteiger partial charge is 0.288 e. The van der Waals surface area contributed by atoms with Gasteiger partial charge in [0.1, 0.15) is 17.4 Å². The second-order valence-corrected chi connectivity index (χ2v) is 6.18. The summed E-state index contributed by atoms with van der Waals surface area (Å²) in [6.45, 7) is 0.720. The van der Waals surface area contributed by atoms with Crippen LogP contribution in [0, 0.1) is 11.3 Å². The molecule has 1 aromatic carbocycles. The molecular weight excluding hydrogens is 356 g/mol. The molecule has 3 amide bonds. The summed E-state index contributed by atoms with van der Waals surface area (Å²) in [5.74, 6) is 0.129. The van der Waals surface area contributed by atoms with Crippen molar-refractivity contribution < 1.29 is 19.1 Å². The fourth-order valence-corrected chi connectivity index (χ4v) is 2.87. The second kappa shape index (κ2) is 9.48. The van der Waals surface area contributed by atoms with Crippen molar-refractivity contribution in [3.8, 4) is 11.8 Å². The predicted molar refractivity (Wildman–Crippen MR) is 96.1 cm³/mol. The second-order valence-electron chi connectivity index (χ2n) is 5.25. The van der Waals surface area contributed by atoms with Gasteiger partial charge >= 0.3 is 0 Å². The third kappa shape index (κ3) is 5.26. The Kier molecular flexibility index (Phi) is 7.05. The molecule has 26 heavy (non-hydrogen) atoms. The van der Waals surface area contributed by atoms with Gasteiger partial charge in [0.15, 0.2) is 0 Å². The summed E-state index contributed by atoms with van der Waals surface area (Å²) >= 11 is 0.964. The van der Waals surface area contributed by atoms with Gasteiger partial charge in [-0.1, -0.05) is 23.9 Å². The highest BCUT2D eigenvalue weighted by molar-refractivity contribution is 8.14. The minimum Gasteiger partial charge on any atom is -0.497 e. The first-order valence-electron chi connectivity index (χ1n) is 7.77. The number of hydrogen-bond acceptors (Lipinski definition) is 7. The number of hydrogen-bond donors (Lipinski definition) is 2. The Morgan fingerprint density at radius 1 is 1.38 bits per heavy atom. The molecular formula is C17H18N4O4S. The zero-order chi connectivity index (χ0) is 18.9. The third-order valence-corrected chi connectivity index (χ3v) is 4.40. The molecule has 0 radical (unpaired) electrons. The van der Waals surface area contributed by atoms with Crippen LogP contribution in [0.25, 0.3) is 0 Å². The Hall–Kier alpha value is -2.99. The zero-order valence-corrected chi connectivity index (χ0v) is 15.0. The molecule has 2 N–H and O–H groups in total. The van der Waals surface area contributed by atoms with E-state index in [1.165, 1.54) is 6.20 Å². The molecule has 9 heteroatoms. The van der Waals surface area contributed by atoms with Crippen LogP contribution in [-0.4, -0.2) is 47.9 Å². The van der Waals surface area contributed by atoms with Crippen LogP contribution in [0.4, 0.5) is 4.79 Å². The quantitative estimate of drug-likeness (QED) is 0.397. The fraction of sp³-hybridized carbons (Fsp3) is 0.294. The first-order chi connectivity index (χ1) is 12.5. The number of carbonyl (C=O) groups excluding carboxylic acids is 3. The molecule has 136 valence electrons. The van der Waals surface area contributed by atoms with Gasteiger partial charge < -0.3 is 15.4 Å². The molecule has 0 atom stereocenters. The van der Waals surface area contributed by atoms with Crippen molar-refractivity contribution in [1.29, 1.82) is 5.26 Å². The maximum Gasteiger partial charge on any atom is 0.288 e. The van der Waals surface area contributed by atoms with Crippen molar-refractivity contribution in [3.05, 3.63) is 41.6 Å². The molecule has 1 saturated heterocycles. The molecule has 8 nitrogen and oxygen atoms in total. The highest BCUT2D eigenvalue weighted by Gasteiger charge is 2.28. The van der Waals surface area contributed by atoms with Crippen LogP contribution in [-0.2, 0) is 16.1 Å². The lowest BCUT2D eigenvalue weighted by molar-refractivity contribution is -0.124. The van der Waals surface area contributed by atoms with Crippen molar-refractivity contribution in [3.63, 3.8) is 0 Å². The lowest BCUT2D eigenvalue weighted by Gasteiger charge is -2.12. The molecule has 0 aliphatic carbocycles. The number of nitrogens with one attached hydrogen (secondary N) is 2. The molecule has 0 unspecified atom stereocenters. The number of ether oxygens (including phenoxy) is 1. The summed E-state index contributed by atoms with van der Waals surface area (Å²) in [6.07, 6.45) is 1.28. The molecule has 0 aromatic heterocycles. The molecule has 0 bridgehead atoms. The van der Waals surface area contributed by atoms with Gasteiger partial charge in [-0.2, -0.15) is 5.26 Å². The van der Waals surface area contributed by atoms with E-state index in [2.05, 4.69) is 10.6 Å². The molecule has 1 heterocycles. The Bertz CT molecular complexity index is 739. The van der Waals surface area contributed by atoms with E-state index in [0.717, 1.165) is 28.0 Å². The van der Waals surface area contributed by atoms with E-state index in [9.17, 15) is 14.4 Å². The van der Waals surface area contributed by atoms with Gasteiger partial charge in [0.25, 0.3) is 11.1 Å². The van der Waals surface area contributed by atoms with E-state index in [1.54, 1.807) is 19.2 Å². The summed E-state index contributed by atoms with van der Waals surface area (Å²) in [5.41, 5.74) is 0.778. The number of benzene rings is 1. The molecule has 1 fully saturated rings. The molecule has 1 aromatic rings. The van der Waals surface area contributed by atoms with Crippen LogP contribution in [0.1, 0.15) is 5.56 Å². The standard InChI is InChI=1S/C17H18N4O4S/c1-25-14-4-2-12(3-5-14)9-20-16(23)13(8-18)10-19-6-7-21-15(22)11-26-17(21)24/h2-5,10,19H,6-7,9,11H2,1H3,(H,20,23)/b13-10-. The predicted octanol–water partition coefficient (Wildman–Crippen LogP) is 1.00. The SMILES string of the molecule is COc1ccc(CNC(=O)/C(C#N)=C\NCCN2C(=O)CSC2=O)cc1. The molecule has 0 saturated carbocycles. The van der Waals surface area contributed by atoms with Crippen LogP contribution in [0.15, 0.2) is 36.0 Å².